The number of aromatic nitrogens is 1. The van der Waals surface area contributed by atoms with E-state index in [1.165, 1.54) is 30.5 Å². The highest BCUT2D eigenvalue weighted by atomic mass is 19.1. The predicted octanol–water partition coefficient (Wildman–Crippen LogP) is 4.27. The van der Waals surface area contributed by atoms with E-state index in [0.717, 1.165) is 0 Å². The summed E-state index contributed by atoms with van der Waals surface area (Å²) in [5.41, 5.74) is 0.859. The minimum Gasteiger partial charge on any atom is -0.493 e. The van der Waals surface area contributed by atoms with Crippen molar-refractivity contribution in [2.75, 3.05) is 12.4 Å². The molecule has 1 N–H and O–H groups in total. The molecule has 0 spiro atoms. The Hall–Kier alpha value is -3.41. The Balaban J connectivity index is 1.68. The molecule has 0 aliphatic carbocycles. The van der Waals surface area contributed by atoms with Crippen LogP contribution in [0.5, 0.6) is 17.4 Å². The van der Waals surface area contributed by atoms with Crippen LogP contribution < -0.4 is 14.8 Å². The number of hydrogen-bond donors (Lipinski definition) is 1. The zero-order chi connectivity index (χ0) is 17.6. The maximum absolute atomic E-state index is 12.9. The molecule has 1 aromatic heterocycles. The first-order valence-electron chi connectivity index (χ1n) is 7.49. The van der Waals surface area contributed by atoms with Crippen molar-refractivity contribution in [2.45, 2.75) is 0 Å². The van der Waals surface area contributed by atoms with Gasteiger partial charge in [-0.25, -0.2) is 9.37 Å². The van der Waals surface area contributed by atoms with Gasteiger partial charge in [0.15, 0.2) is 11.5 Å². The van der Waals surface area contributed by atoms with Gasteiger partial charge in [-0.3, -0.25) is 4.79 Å². The number of para-hydroxylation sites is 2. The fraction of sp³-hybridized carbons (Fsp3) is 0.0526. The van der Waals surface area contributed by atoms with Crippen LogP contribution in [0.3, 0.4) is 0 Å². The van der Waals surface area contributed by atoms with Crippen molar-refractivity contribution in [3.63, 3.8) is 0 Å². The van der Waals surface area contributed by atoms with Crippen molar-refractivity contribution in [1.82, 2.24) is 4.98 Å². The Morgan fingerprint density at radius 1 is 1.00 bits per heavy atom. The Labute approximate surface area is 144 Å². The number of pyridine rings is 1. The molecule has 0 unspecified atom stereocenters. The van der Waals surface area contributed by atoms with Gasteiger partial charge < -0.3 is 14.8 Å². The van der Waals surface area contributed by atoms with Crippen LogP contribution in [0.4, 0.5) is 10.1 Å². The average Bonchev–Trinajstić information content (AvgIpc) is 2.64. The molecule has 1 amide bonds. The Bertz CT molecular complexity index is 865. The van der Waals surface area contributed by atoms with Gasteiger partial charge in [-0.05, 0) is 42.5 Å². The van der Waals surface area contributed by atoms with Crippen molar-refractivity contribution in [3.05, 3.63) is 78.2 Å². The van der Waals surface area contributed by atoms with E-state index in [0.29, 0.717) is 28.6 Å². The Morgan fingerprint density at radius 3 is 2.36 bits per heavy atom. The molecule has 126 valence electrons. The SMILES string of the molecule is COc1ccccc1Oc1ccc(NC(=O)c2ccc(F)cc2)cn1. The van der Waals surface area contributed by atoms with Crippen LogP contribution in [0.15, 0.2) is 66.9 Å². The summed E-state index contributed by atoms with van der Waals surface area (Å²) in [7, 11) is 1.56. The maximum atomic E-state index is 12.9. The van der Waals surface area contributed by atoms with E-state index in [4.69, 9.17) is 9.47 Å². The maximum Gasteiger partial charge on any atom is 0.255 e. The second-order valence-electron chi connectivity index (χ2n) is 5.10. The highest BCUT2D eigenvalue weighted by Crippen LogP contribution is 2.30. The van der Waals surface area contributed by atoms with Gasteiger partial charge in [0, 0.05) is 11.6 Å². The van der Waals surface area contributed by atoms with Crippen molar-refractivity contribution in [2.24, 2.45) is 0 Å². The molecule has 1 heterocycles. The van der Waals surface area contributed by atoms with Crippen molar-refractivity contribution in [3.8, 4) is 17.4 Å². The third kappa shape index (κ3) is 4.11. The third-order valence-electron chi connectivity index (χ3n) is 3.38. The number of nitrogens with one attached hydrogen (secondary N) is 1. The second-order valence-corrected chi connectivity index (χ2v) is 5.10. The summed E-state index contributed by atoms with van der Waals surface area (Å²) < 4.78 is 23.8. The molecule has 0 aliphatic rings. The summed E-state index contributed by atoms with van der Waals surface area (Å²) in [6, 6.07) is 15.8. The van der Waals surface area contributed by atoms with E-state index in [2.05, 4.69) is 10.3 Å². The minimum atomic E-state index is -0.393. The summed E-state index contributed by atoms with van der Waals surface area (Å²) in [5.74, 6) is 0.763. The standard InChI is InChI=1S/C19H15FN2O3/c1-24-16-4-2-3-5-17(16)25-18-11-10-15(12-21-18)22-19(23)13-6-8-14(20)9-7-13/h2-12H,1H3,(H,22,23). The zero-order valence-electron chi connectivity index (χ0n) is 13.4. The molecule has 0 atom stereocenters. The zero-order valence-corrected chi connectivity index (χ0v) is 13.4. The Kier molecular flexibility index (Phi) is 4.89. The highest BCUT2D eigenvalue weighted by Gasteiger charge is 2.08. The number of methoxy groups -OCH3 is 1. The van der Waals surface area contributed by atoms with E-state index in [1.807, 2.05) is 12.1 Å². The van der Waals surface area contributed by atoms with Gasteiger partial charge in [0.25, 0.3) is 5.91 Å². The molecule has 5 nitrogen and oxygen atoms in total. The third-order valence-corrected chi connectivity index (χ3v) is 3.38. The molecule has 0 bridgehead atoms. The van der Waals surface area contributed by atoms with Crippen LogP contribution in [-0.2, 0) is 0 Å². The number of halogens is 1. The summed E-state index contributed by atoms with van der Waals surface area (Å²) >= 11 is 0. The van der Waals surface area contributed by atoms with Gasteiger partial charge in [0.1, 0.15) is 5.82 Å². The van der Waals surface area contributed by atoms with Gasteiger partial charge in [0.2, 0.25) is 5.88 Å². The lowest BCUT2D eigenvalue weighted by Crippen LogP contribution is -2.11. The predicted molar refractivity (Wildman–Crippen MR) is 91.7 cm³/mol. The van der Waals surface area contributed by atoms with E-state index in [9.17, 15) is 9.18 Å². The van der Waals surface area contributed by atoms with E-state index in [-0.39, 0.29) is 5.91 Å². The summed E-state index contributed by atoms with van der Waals surface area (Å²) in [6.45, 7) is 0. The largest absolute Gasteiger partial charge is 0.493 e. The molecule has 3 aromatic rings. The first kappa shape index (κ1) is 16.4. The smallest absolute Gasteiger partial charge is 0.255 e. The van der Waals surface area contributed by atoms with Gasteiger partial charge in [-0.1, -0.05) is 12.1 Å². The molecule has 2 aromatic carbocycles. The van der Waals surface area contributed by atoms with Crippen LogP contribution in [-0.4, -0.2) is 18.0 Å². The Morgan fingerprint density at radius 2 is 1.72 bits per heavy atom. The normalized spacial score (nSPS) is 10.2. The van der Waals surface area contributed by atoms with Crippen LogP contribution >= 0.6 is 0 Å². The molecule has 0 saturated heterocycles. The van der Waals surface area contributed by atoms with Gasteiger partial charge in [-0.2, -0.15) is 0 Å². The number of anilines is 1. The number of ether oxygens (including phenoxy) is 2. The number of carbonyl (C=O) groups excluding carboxylic acids is 1. The van der Waals surface area contributed by atoms with Crippen molar-refractivity contribution >= 4 is 11.6 Å². The van der Waals surface area contributed by atoms with Gasteiger partial charge >= 0.3 is 0 Å². The number of amides is 1. The van der Waals surface area contributed by atoms with Crippen LogP contribution in [0, 0.1) is 5.82 Å². The molecule has 3 rings (SSSR count). The average molecular weight is 338 g/mol. The van der Waals surface area contributed by atoms with Gasteiger partial charge in [-0.15, -0.1) is 0 Å². The molecule has 25 heavy (non-hydrogen) atoms. The fourth-order valence-corrected chi connectivity index (χ4v) is 2.13. The fourth-order valence-electron chi connectivity index (χ4n) is 2.13. The summed E-state index contributed by atoms with van der Waals surface area (Å²) in [4.78, 5) is 16.2. The lowest BCUT2D eigenvalue weighted by molar-refractivity contribution is 0.102. The lowest BCUT2D eigenvalue weighted by Gasteiger charge is -2.10. The summed E-state index contributed by atoms with van der Waals surface area (Å²) in [5, 5.41) is 2.69. The van der Waals surface area contributed by atoms with E-state index >= 15 is 0 Å². The molecule has 0 fully saturated rings. The quantitative estimate of drug-likeness (QED) is 0.754. The van der Waals surface area contributed by atoms with Crippen LogP contribution in [0.1, 0.15) is 10.4 Å². The number of benzene rings is 2. The minimum absolute atomic E-state index is 0.347. The lowest BCUT2D eigenvalue weighted by atomic mass is 10.2. The molecular weight excluding hydrogens is 323 g/mol. The number of nitrogens with zero attached hydrogens (tertiary/aromatic N) is 1. The second kappa shape index (κ2) is 7.44. The highest BCUT2D eigenvalue weighted by molar-refractivity contribution is 6.04. The van der Waals surface area contributed by atoms with Crippen molar-refractivity contribution < 1.29 is 18.7 Å². The van der Waals surface area contributed by atoms with Crippen LogP contribution in [0.25, 0.3) is 0 Å². The molecule has 0 saturated carbocycles. The van der Waals surface area contributed by atoms with E-state index < -0.39 is 5.82 Å². The topological polar surface area (TPSA) is 60.5 Å². The number of hydrogen-bond acceptors (Lipinski definition) is 4. The number of rotatable bonds is 5. The first-order chi connectivity index (χ1) is 12.2. The number of carbonyl (C=O) groups is 1. The van der Waals surface area contributed by atoms with Crippen LogP contribution in [0.2, 0.25) is 0 Å². The monoisotopic (exact) mass is 338 g/mol. The van der Waals surface area contributed by atoms with Crippen molar-refractivity contribution in [1.29, 1.82) is 0 Å². The molecule has 6 heteroatoms. The molecular formula is C19H15FN2O3. The first-order valence-corrected chi connectivity index (χ1v) is 7.49. The molecule has 0 aliphatic heterocycles. The molecule has 0 radical (unpaired) electrons. The summed E-state index contributed by atoms with van der Waals surface area (Å²) in [6.07, 6.45) is 1.48. The van der Waals surface area contributed by atoms with Gasteiger partial charge in [0.05, 0.1) is 19.0 Å². The van der Waals surface area contributed by atoms with E-state index in [1.54, 1.807) is 31.4 Å².